The largest absolute Gasteiger partial charge is 0.493 e. The number of hydrogen-bond acceptors (Lipinski definition) is 3. The lowest BCUT2D eigenvalue weighted by molar-refractivity contribution is 0.294. The summed E-state index contributed by atoms with van der Waals surface area (Å²) in [5.41, 5.74) is 8.27. The van der Waals surface area contributed by atoms with E-state index < -0.39 is 0 Å². The Hall–Kier alpha value is -1.22. The minimum absolute atomic E-state index is 0.154. The van der Waals surface area contributed by atoms with Gasteiger partial charge >= 0.3 is 0 Å². The van der Waals surface area contributed by atoms with Crippen molar-refractivity contribution >= 4 is 0 Å². The number of methoxy groups -OCH3 is 1. The van der Waals surface area contributed by atoms with Gasteiger partial charge in [0.25, 0.3) is 0 Å². The summed E-state index contributed by atoms with van der Waals surface area (Å²) in [5.74, 6) is 1.61. The van der Waals surface area contributed by atoms with Crippen LogP contribution in [0.3, 0.4) is 0 Å². The summed E-state index contributed by atoms with van der Waals surface area (Å²) in [6.45, 7) is 6.88. The van der Waals surface area contributed by atoms with Crippen molar-refractivity contribution in [2.45, 2.75) is 39.7 Å². The Labute approximate surface area is 104 Å². The number of rotatable bonds is 6. The van der Waals surface area contributed by atoms with Crippen LogP contribution in [0.2, 0.25) is 0 Å². The van der Waals surface area contributed by atoms with Crippen molar-refractivity contribution in [1.82, 2.24) is 0 Å². The van der Waals surface area contributed by atoms with E-state index in [0.717, 1.165) is 24.3 Å². The second-order valence-electron chi connectivity index (χ2n) is 4.46. The second kappa shape index (κ2) is 6.50. The van der Waals surface area contributed by atoms with E-state index in [2.05, 4.69) is 13.8 Å². The van der Waals surface area contributed by atoms with E-state index in [1.165, 1.54) is 11.1 Å². The van der Waals surface area contributed by atoms with Crippen molar-refractivity contribution in [3.8, 4) is 11.5 Å². The molecule has 0 bridgehead atoms. The van der Waals surface area contributed by atoms with E-state index in [9.17, 15) is 0 Å². The highest BCUT2D eigenvalue weighted by atomic mass is 16.5. The highest BCUT2D eigenvalue weighted by Gasteiger charge is 2.10. The molecule has 1 aromatic rings. The van der Waals surface area contributed by atoms with Gasteiger partial charge in [0, 0.05) is 6.04 Å². The molecule has 0 aromatic heterocycles. The molecular weight excluding hydrogens is 214 g/mol. The normalized spacial score (nSPS) is 12.3. The van der Waals surface area contributed by atoms with Crippen LogP contribution in [-0.2, 0) is 6.42 Å². The molecule has 1 unspecified atom stereocenters. The topological polar surface area (TPSA) is 44.5 Å². The predicted octanol–water partition coefficient (Wildman–Crippen LogP) is 2.68. The number of aryl methyl sites for hydroxylation is 1. The molecular formula is C14H23NO2. The first-order valence-corrected chi connectivity index (χ1v) is 6.14. The van der Waals surface area contributed by atoms with Crippen LogP contribution < -0.4 is 15.2 Å². The molecule has 3 heteroatoms. The van der Waals surface area contributed by atoms with Gasteiger partial charge in [0.2, 0.25) is 0 Å². The Morgan fingerprint density at radius 3 is 2.53 bits per heavy atom. The first-order valence-electron chi connectivity index (χ1n) is 6.14. The standard InChI is InChI=1S/C14H23NO2/c1-5-6-17-14-9-12(8-11(3)15)10(2)7-13(14)16-4/h7,9,11H,5-6,8,15H2,1-4H3. The van der Waals surface area contributed by atoms with E-state index in [1.54, 1.807) is 7.11 Å². The first kappa shape index (κ1) is 13.8. The molecule has 1 atom stereocenters. The third-order valence-corrected chi connectivity index (χ3v) is 2.63. The molecule has 0 aliphatic rings. The Bertz CT molecular complexity index is 361. The zero-order valence-corrected chi connectivity index (χ0v) is 11.2. The molecule has 0 saturated heterocycles. The van der Waals surface area contributed by atoms with E-state index in [0.29, 0.717) is 6.61 Å². The second-order valence-corrected chi connectivity index (χ2v) is 4.46. The predicted molar refractivity (Wildman–Crippen MR) is 70.9 cm³/mol. The van der Waals surface area contributed by atoms with Gasteiger partial charge in [-0.05, 0) is 49.9 Å². The van der Waals surface area contributed by atoms with Crippen LogP contribution in [0.1, 0.15) is 31.4 Å². The molecule has 0 amide bonds. The van der Waals surface area contributed by atoms with E-state index >= 15 is 0 Å². The molecule has 1 aromatic carbocycles. The van der Waals surface area contributed by atoms with Crippen LogP contribution >= 0.6 is 0 Å². The van der Waals surface area contributed by atoms with Crippen LogP contribution in [0.15, 0.2) is 12.1 Å². The summed E-state index contributed by atoms with van der Waals surface area (Å²) in [6, 6.07) is 4.22. The first-order chi connectivity index (χ1) is 8.08. The molecule has 96 valence electrons. The average Bonchev–Trinajstić information content (AvgIpc) is 2.28. The van der Waals surface area contributed by atoms with Crippen molar-refractivity contribution < 1.29 is 9.47 Å². The Balaban J connectivity index is 2.99. The van der Waals surface area contributed by atoms with E-state index in [-0.39, 0.29) is 6.04 Å². The van der Waals surface area contributed by atoms with Crippen molar-refractivity contribution in [3.05, 3.63) is 23.3 Å². The average molecular weight is 237 g/mol. The van der Waals surface area contributed by atoms with Gasteiger partial charge in [-0.3, -0.25) is 0 Å². The monoisotopic (exact) mass is 237 g/mol. The summed E-state index contributed by atoms with van der Waals surface area (Å²) in [7, 11) is 1.67. The SMILES string of the molecule is CCCOc1cc(CC(C)N)c(C)cc1OC. The fourth-order valence-corrected chi connectivity index (χ4v) is 1.75. The summed E-state index contributed by atoms with van der Waals surface area (Å²) in [4.78, 5) is 0. The van der Waals surface area contributed by atoms with Crippen LogP contribution in [0.5, 0.6) is 11.5 Å². The molecule has 0 radical (unpaired) electrons. The molecule has 0 aliphatic carbocycles. The number of nitrogens with two attached hydrogens (primary N) is 1. The lowest BCUT2D eigenvalue weighted by atomic mass is 10.0. The summed E-state index contributed by atoms with van der Waals surface area (Å²) in [6.07, 6.45) is 1.85. The maximum absolute atomic E-state index is 5.84. The van der Waals surface area contributed by atoms with Crippen molar-refractivity contribution in [2.24, 2.45) is 5.73 Å². The fourth-order valence-electron chi connectivity index (χ4n) is 1.75. The van der Waals surface area contributed by atoms with Crippen LogP contribution in [0.25, 0.3) is 0 Å². The fraction of sp³-hybridized carbons (Fsp3) is 0.571. The van der Waals surface area contributed by atoms with Crippen LogP contribution in [0, 0.1) is 6.92 Å². The van der Waals surface area contributed by atoms with Gasteiger partial charge < -0.3 is 15.2 Å². The zero-order valence-electron chi connectivity index (χ0n) is 11.2. The minimum atomic E-state index is 0.154. The van der Waals surface area contributed by atoms with Gasteiger partial charge in [0.15, 0.2) is 11.5 Å². The van der Waals surface area contributed by atoms with Crippen LogP contribution in [-0.4, -0.2) is 19.8 Å². The number of hydrogen-bond donors (Lipinski definition) is 1. The Morgan fingerprint density at radius 1 is 1.29 bits per heavy atom. The molecule has 0 fully saturated rings. The van der Waals surface area contributed by atoms with Crippen molar-refractivity contribution in [3.63, 3.8) is 0 Å². The maximum Gasteiger partial charge on any atom is 0.161 e. The summed E-state index contributed by atoms with van der Waals surface area (Å²) in [5, 5.41) is 0. The molecule has 0 saturated carbocycles. The van der Waals surface area contributed by atoms with Crippen molar-refractivity contribution in [2.75, 3.05) is 13.7 Å². The van der Waals surface area contributed by atoms with E-state index in [1.807, 2.05) is 19.1 Å². The quantitative estimate of drug-likeness (QED) is 0.827. The number of ether oxygens (including phenoxy) is 2. The van der Waals surface area contributed by atoms with Crippen LogP contribution in [0.4, 0.5) is 0 Å². The lowest BCUT2D eigenvalue weighted by Crippen LogP contribution is -2.18. The van der Waals surface area contributed by atoms with Gasteiger partial charge in [-0.2, -0.15) is 0 Å². The Kier molecular flexibility index (Phi) is 5.29. The molecule has 1 rings (SSSR count). The molecule has 17 heavy (non-hydrogen) atoms. The molecule has 0 heterocycles. The molecule has 0 aliphatic heterocycles. The minimum Gasteiger partial charge on any atom is -0.493 e. The lowest BCUT2D eigenvalue weighted by Gasteiger charge is -2.15. The highest BCUT2D eigenvalue weighted by molar-refractivity contribution is 5.47. The molecule has 2 N–H and O–H groups in total. The van der Waals surface area contributed by atoms with E-state index in [4.69, 9.17) is 15.2 Å². The van der Waals surface area contributed by atoms with Gasteiger partial charge in [-0.1, -0.05) is 6.92 Å². The van der Waals surface area contributed by atoms with Gasteiger partial charge in [0.05, 0.1) is 13.7 Å². The van der Waals surface area contributed by atoms with Gasteiger partial charge in [-0.15, -0.1) is 0 Å². The zero-order chi connectivity index (χ0) is 12.8. The maximum atomic E-state index is 5.84. The Morgan fingerprint density at radius 2 is 2.00 bits per heavy atom. The third kappa shape index (κ3) is 3.93. The molecule has 3 nitrogen and oxygen atoms in total. The van der Waals surface area contributed by atoms with Gasteiger partial charge in [0.1, 0.15) is 0 Å². The smallest absolute Gasteiger partial charge is 0.161 e. The highest BCUT2D eigenvalue weighted by Crippen LogP contribution is 2.31. The summed E-state index contributed by atoms with van der Waals surface area (Å²) < 4.78 is 11.0. The third-order valence-electron chi connectivity index (χ3n) is 2.63. The molecule has 0 spiro atoms. The summed E-state index contributed by atoms with van der Waals surface area (Å²) >= 11 is 0. The van der Waals surface area contributed by atoms with Crippen molar-refractivity contribution in [1.29, 1.82) is 0 Å². The number of benzene rings is 1. The van der Waals surface area contributed by atoms with Gasteiger partial charge in [-0.25, -0.2) is 0 Å².